The first-order chi connectivity index (χ1) is 15.4. The fraction of sp³-hybridized carbons (Fsp3) is 0.286. The molecule has 0 amide bonds. The fourth-order valence-corrected chi connectivity index (χ4v) is 4.43. The van der Waals surface area contributed by atoms with Gasteiger partial charge in [-0.3, -0.25) is 4.98 Å². The van der Waals surface area contributed by atoms with Gasteiger partial charge < -0.3 is 20.3 Å². The maximum absolute atomic E-state index is 14.8. The van der Waals surface area contributed by atoms with Crippen LogP contribution < -0.4 is 20.3 Å². The van der Waals surface area contributed by atoms with Gasteiger partial charge in [-0.1, -0.05) is 11.6 Å². The summed E-state index contributed by atoms with van der Waals surface area (Å²) in [6.07, 6.45) is 2.40. The Morgan fingerprint density at radius 3 is 2.84 bits per heavy atom. The number of rotatable bonds is 5. The van der Waals surface area contributed by atoms with Crippen LogP contribution in [0.4, 0.5) is 30.4 Å². The van der Waals surface area contributed by atoms with Gasteiger partial charge in [-0.2, -0.15) is 14.0 Å². The maximum atomic E-state index is 14.8. The van der Waals surface area contributed by atoms with E-state index in [9.17, 15) is 18.4 Å². The number of hydrogen-bond acceptors (Lipinski definition) is 7. The second kappa shape index (κ2) is 8.00. The van der Waals surface area contributed by atoms with E-state index in [1.807, 2.05) is 12.1 Å². The Hall–Kier alpha value is -3.29. The third kappa shape index (κ3) is 3.53. The van der Waals surface area contributed by atoms with Crippen molar-refractivity contribution in [3.8, 4) is 11.8 Å². The highest BCUT2D eigenvalue weighted by atomic mass is 35.5. The van der Waals surface area contributed by atoms with Crippen LogP contribution in [0.15, 0.2) is 30.5 Å². The molecule has 0 spiro atoms. The zero-order chi connectivity index (χ0) is 22.4. The molecule has 2 bridgehead atoms. The highest BCUT2D eigenvalue weighted by molar-refractivity contribution is 6.32. The predicted molar refractivity (Wildman–Crippen MR) is 113 cm³/mol. The van der Waals surface area contributed by atoms with Crippen molar-refractivity contribution in [3.63, 3.8) is 0 Å². The van der Waals surface area contributed by atoms with Crippen molar-refractivity contribution in [3.05, 3.63) is 46.9 Å². The number of aromatic nitrogens is 2. The average molecular weight is 461 g/mol. The number of piperazine rings is 1. The Morgan fingerprint density at radius 2 is 2.16 bits per heavy atom. The van der Waals surface area contributed by atoms with E-state index < -0.39 is 23.2 Å². The average Bonchev–Trinajstić information content (AvgIpc) is 3.42. The van der Waals surface area contributed by atoms with E-state index in [0.29, 0.717) is 23.1 Å². The minimum absolute atomic E-state index is 0.114. The van der Waals surface area contributed by atoms with Gasteiger partial charge in [0, 0.05) is 31.4 Å². The zero-order valence-corrected chi connectivity index (χ0v) is 17.2. The number of nitrogens with zero attached hydrogens (tertiary/aromatic N) is 4. The molecule has 1 aromatic carbocycles. The number of nitrogens with one attached hydrogen (secondary N) is 2. The molecule has 2 saturated heterocycles. The number of hydrogen-bond donors (Lipinski definition) is 2. The van der Waals surface area contributed by atoms with Gasteiger partial charge in [-0.25, -0.2) is 9.37 Å². The minimum Gasteiger partial charge on any atom is -0.433 e. The second-order valence-corrected chi connectivity index (χ2v) is 7.96. The molecule has 0 saturated carbocycles. The van der Waals surface area contributed by atoms with Gasteiger partial charge in [0.2, 0.25) is 0 Å². The summed E-state index contributed by atoms with van der Waals surface area (Å²) in [5, 5.41) is 15.3. The molecule has 32 heavy (non-hydrogen) atoms. The summed E-state index contributed by atoms with van der Waals surface area (Å²) < 4.78 is 44.0. The Kier molecular flexibility index (Phi) is 5.15. The number of ether oxygens (including phenoxy) is 1. The van der Waals surface area contributed by atoms with E-state index in [-0.39, 0.29) is 16.9 Å². The minimum atomic E-state index is -3.14. The van der Waals surface area contributed by atoms with Crippen molar-refractivity contribution in [1.82, 2.24) is 15.3 Å². The maximum Gasteiger partial charge on any atom is 0.387 e. The number of fused-ring (bicyclic) bond motifs is 3. The molecule has 0 unspecified atom stereocenters. The highest BCUT2D eigenvalue weighted by Gasteiger charge is 2.38. The van der Waals surface area contributed by atoms with Gasteiger partial charge in [-0.15, -0.1) is 0 Å². The molecule has 164 valence electrons. The second-order valence-electron chi connectivity index (χ2n) is 7.59. The van der Waals surface area contributed by atoms with Crippen LogP contribution in [-0.4, -0.2) is 41.8 Å². The summed E-state index contributed by atoms with van der Waals surface area (Å²) in [6, 6.07) is 8.80. The number of anilines is 3. The van der Waals surface area contributed by atoms with E-state index in [4.69, 9.17) is 16.6 Å². The fourth-order valence-electron chi connectivity index (χ4n) is 4.22. The molecule has 0 aliphatic carbocycles. The Bertz CT molecular complexity index is 1250. The van der Waals surface area contributed by atoms with Crippen molar-refractivity contribution >= 4 is 39.8 Å². The van der Waals surface area contributed by atoms with Crippen LogP contribution in [0.3, 0.4) is 0 Å². The van der Waals surface area contributed by atoms with E-state index in [1.165, 1.54) is 12.3 Å². The lowest BCUT2D eigenvalue weighted by molar-refractivity contribution is -0.0499. The monoisotopic (exact) mass is 460 g/mol. The van der Waals surface area contributed by atoms with Crippen LogP contribution in [0, 0.1) is 17.1 Å². The quantitative estimate of drug-likeness (QED) is 0.590. The van der Waals surface area contributed by atoms with Gasteiger partial charge in [0.25, 0.3) is 0 Å². The summed E-state index contributed by atoms with van der Waals surface area (Å²) in [5.41, 5.74) is 1.19. The van der Waals surface area contributed by atoms with Crippen LogP contribution in [-0.2, 0) is 0 Å². The normalized spacial score (nSPS) is 19.6. The third-order valence-electron chi connectivity index (χ3n) is 5.69. The van der Waals surface area contributed by atoms with E-state index in [0.717, 1.165) is 31.4 Å². The van der Waals surface area contributed by atoms with Crippen LogP contribution in [0.1, 0.15) is 12.0 Å². The molecule has 0 radical (unpaired) electrons. The molecule has 7 nitrogen and oxygen atoms in total. The standard InChI is InChI=1S/C21H16ClF3N6O/c22-17-15(32-21(24)25)3-1-13(18(17)23)29-19-10(6-26)7-28-14-2-4-16(30-20(14)19)31-9-11-5-12(31)8-27-11/h1-4,7,11-12,21,27H,5,8-9H2,(H,28,29)/t11-,12-/m0/s1. The summed E-state index contributed by atoms with van der Waals surface area (Å²) in [4.78, 5) is 11.2. The molecule has 5 rings (SSSR count). The van der Waals surface area contributed by atoms with Crippen LogP contribution in [0.2, 0.25) is 5.02 Å². The molecular weight excluding hydrogens is 445 g/mol. The first-order valence-corrected chi connectivity index (χ1v) is 10.2. The highest BCUT2D eigenvalue weighted by Crippen LogP contribution is 2.37. The number of pyridine rings is 2. The first kappa shape index (κ1) is 20.6. The first-order valence-electron chi connectivity index (χ1n) is 9.84. The summed E-state index contributed by atoms with van der Waals surface area (Å²) in [7, 11) is 0. The van der Waals surface area contributed by atoms with Crippen LogP contribution >= 0.6 is 11.6 Å². The van der Waals surface area contributed by atoms with Gasteiger partial charge in [-0.05, 0) is 30.7 Å². The summed E-state index contributed by atoms with van der Waals surface area (Å²) in [5.74, 6) is -0.730. The van der Waals surface area contributed by atoms with Crippen molar-refractivity contribution in [1.29, 1.82) is 5.26 Å². The molecule has 11 heteroatoms. The Morgan fingerprint density at radius 1 is 1.31 bits per heavy atom. The lowest BCUT2D eigenvalue weighted by Gasteiger charge is -2.28. The van der Waals surface area contributed by atoms with Crippen molar-refractivity contribution in [2.75, 3.05) is 23.3 Å². The Balaban J connectivity index is 1.56. The lowest BCUT2D eigenvalue weighted by atomic mass is 10.1. The van der Waals surface area contributed by atoms with E-state index >= 15 is 0 Å². The number of alkyl halides is 2. The molecule has 2 aliphatic heterocycles. The molecule has 4 heterocycles. The van der Waals surface area contributed by atoms with Crippen molar-refractivity contribution in [2.24, 2.45) is 0 Å². The SMILES string of the molecule is N#Cc1cnc2ccc(N3C[C@@H]4C[C@H]3CN4)nc2c1Nc1ccc(OC(F)F)c(Cl)c1F. The topological polar surface area (TPSA) is 86.1 Å². The van der Waals surface area contributed by atoms with E-state index in [2.05, 4.69) is 25.3 Å². The van der Waals surface area contributed by atoms with Gasteiger partial charge >= 0.3 is 6.61 Å². The van der Waals surface area contributed by atoms with E-state index in [1.54, 1.807) is 6.07 Å². The Labute approximate surface area is 185 Å². The van der Waals surface area contributed by atoms with Crippen molar-refractivity contribution in [2.45, 2.75) is 25.1 Å². The summed E-state index contributed by atoms with van der Waals surface area (Å²) >= 11 is 5.87. The zero-order valence-electron chi connectivity index (χ0n) is 16.4. The lowest BCUT2D eigenvalue weighted by Crippen LogP contribution is -2.44. The molecule has 2 aromatic heterocycles. The van der Waals surface area contributed by atoms with Gasteiger partial charge in [0.15, 0.2) is 5.82 Å². The largest absolute Gasteiger partial charge is 0.433 e. The molecule has 2 N–H and O–H groups in total. The third-order valence-corrected chi connectivity index (χ3v) is 6.04. The van der Waals surface area contributed by atoms with Crippen LogP contribution in [0.25, 0.3) is 11.0 Å². The molecule has 2 aliphatic rings. The van der Waals surface area contributed by atoms with Crippen molar-refractivity contribution < 1.29 is 17.9 Å². The molecule has 2 atom stereocenters. The summed E-state index contributed by atoms with van der Waals surface area (Å²) in [6.45, 7) is -1.44. The number of halogens is 4. The molecule has 3 aromatic rings. The van der Waals surface area contributed by atoms with Crippen LogP contribution in [0.5, 0.6) is 5.75 Å². The molecule has 2 fully saturated rings. The predicted octanol–water partition coefficient (Wildman–Crippen LogP) is 4.19. The number of nitriles is 1. The van der Waals surface area contributed by atoms with Gasteiger partial charge in [0.05, 0.1) is 22.5 Å². The number of benzene rings is 1. The molecular formula is C21H16ClF3N6O. The smallest absolute Gasteiger partial charge is 0.387 e. The van der Waals surface area contributed by atoms with Gasteiger partial charge in [0.1, 0.15) is 28.2 Å².